The molecular weight excluding hydrogens is 315 g/mol. The molecule has 25 heavy (non-hydrogen) atoms. The van der Waals surface area contributed by atoms with Gasteiger partial charge in [0.25, 0.3) is 0 Å². The number of hydrogen-bond donors (Lipinski definition) is 2. The number of aliphatic imine (C=N–C) groups is 1. The van der Waals surface area contributed by atoms with E-state index in [2.05, 4.69) is 27.4 Å². The van der Waals surface area contributed by atoms with Gasteiger partial charge in [0.2, 0.25) is 0 Å². The molecule has 2 rings (SSSR count). The van der Waals surface area contributed by atoms with Crippen LogP contribution < -0.4 is 10.6 Å². The molecule has 5 heteroatoms. The Bertz CT molecular complexity index is 553. The lowest BCUT2D eigenvalue weighted by Gasteiger charge is -2.19. The minimum Gasteiger partial charge on any atom is -0.357 e. The maximum absolute atomic E-state index is 13.8. The van der Waals surface area contributed by atoms with E-state index in [1.54, 1.807) is 13.0 Å². The van der Waals surface area contributed by atoms with Crippen molar-refractivity contribution in [3.05, 3.63) is 35.1 Å². The van der Waals surface area contributed by atoms with Crippen LogP contribution in [0, 0.1) is 12.7 Å². The van der Waals surface area contributed by atoms with E-state index in [4.69, 9.17) is 0 Å². The lowest BCUT2D eigenvalue weighted by Crippen LogP contribution is -2.38. The van der Waals surface area contributed by atoms with Gasteiger partial charge in [-0.2, -0.15) is 0 Å². The summed E-state index contributed by atoms with van der Waals surface area (Å²) in [5.41, 5.74) is 1.61. The van der Waals surface area contributed by atoms with Crippen LogP contribution in [0.2, 0.25) is 0 Å². The zero-order valence-corrected chi connectivity index (χ0v) is 15.9. The third-order valence-electron chi connectivity index (χ3n) is 4.74. The van der Waals surface area contributed by atoms with Crippen molar-refractivity contribution in [2.24, 2.45) is 4.99 Å². The lowest BCUT2D eigenvalue weighted by atomic mass is 10.1. The van der Waals surface area contributed by atoms with Crippen molar-refractivity contribution in [2.75, 3.05) is 32.7 Å². The molecule has 0 bridgehead atoms. The van der Waals surface area contributed by atoms with Crippen LogP contribution >= 0.6 is 0 Å². The maximum Gasteiger partial charge on any atom is 0.191 e. The highest BCUT2D eigenvalue weighted by Gasteiger charge is 2.11. The Morgan fingerprint density at radius 3 is 2.72 bits per heavy atom. The fourth-order valence-electron chi connectivity index (χ4n) is 3.13. The van der Waals surface area contributed by atoms with Crippen LogP contribution in [0.15, 0.2) is 23.2 Å². The molecule has 0 radical (unpaired) electrons. The smallest absolute Gasteiger partial charge is 0.191 e. The quantitative estimate of drug-likeness (QED) is 0.428. The van der Waals surface area contributed by atoms with Crippen LogP contribution in [0.5, 0.6) is 0 Å². The van der Waals surface area contributed by atoms with Crippen LogP contribution in [0.1, 0.15) is 56.7 Å². The molecule has 0 aromatic heterocycles. The Kier molecular flexibility index (Phi) is 8.19. The lowest BCUT2D eigenvalue weighted by molar-refractivity contribution is 0.331. The molecule has 1 aromatic carbocycles. The molecule has 1 atom stereocenters. The molecule has 0 saturated carbocycles. The van der Waals surface area contributed by atoms with E-state index in [0.717, 1.165) is 31.0 Å². The van der Waals surface area contributed by atoms with Crippen LogP contribution in [-0.2, 0) is 0 Å². The second kappa shape index (κ2) is 10.4. The molecular formula is C20H33FN4. The molecule has 2 N–H and O–H groups in total. The number of nitrogens with zero attached hydrogens (tertiary/aromatic N) is 2. The van der Waals surface area contributed by atoms with Gasteiger partial charge >= 0.3 is 0 Å². The van der Waals surface area contributed by atoms with Crippen molar-refractivity contribution in [3.63, 3.8) is 0 Å². The van der Waals surface area contributed by atoms with E-state index in [1.165, 1.54) is 38.9 Å². The number of halogens is 1. The molecule has 4 nitrogen and oxygen atoms in total. The minimum atomic E-state index is -0.157. The zero-order valence-electron chi connectivity index (χ0n) is 15.9. The monoisotopic (exact) mass is 348 g/mol. The molecule has 140 valence electrons. The fourth-order valence-corrected chi connectivity index (χ4v) is 3.13. The van der Waals surface area contributed by atoms with Gasteiger partial charge in [-0.3, -0.25) is 4.99 Å². The molecule has 1 aliphatic heterocycles. The summed E-state index contributed by atoms with van der Waals surface area (Å²) in [6.07, 6.45) is 5.00. The van der Waals surface area contributed by atoms with Crippen LogP contribution in [0.25, 0.3) is 0 Å². The number of guanidine groups is 1. The highest BCUT2D eigenvalue weighted by molar-refractivity contribution is 5.80. The van der Waals surface area contributed by atoms with Crippen LogP contribution in [-0.4, -0.2) is 43.6 Å². The van der Waals surface area contributed by atoms with Crippen molar-refractivity contribution < 1.29 is 4.39 Å². The van der Waals surface area contributed by atoms with Gasteiger partial charge < -0.3 is 15.5 Å². The summed E-state index contributed by atoms with van der Waals surface area (Å²) in [5, 5.41) is 6.65. The normalized spacial score (nSPS) is 16.9. The number of benzene rings is 1. The van der Waals surface area contributed by atoms with Gasteiger partial charge in [-0.25, -0.2) is 4.39 Å². The molecule has 1 unspecified atom stereocenters. The average Bonchev–Trinajstić information content (AvgIpc) is 3.10. The first-order valence-electron chi connectivity index (χ1n) is 9.63. The van der Waals surface area contributed by atoms with Gasteiger partial charge in [0.15, 0.2) is 5.96 Å². The molecule has 0 spiro atoms. The Morgan fingerprint density at radius 1 is 1.28 bits per heavy atom. The summed E-state index contributed by atoms with van der Waals surface area (Å²) in [6.45, 7) is 11.2. The minimum absolute atomic E-state index is 0.0116. The van der Waals surface area contributed by atoms with Gasteiger partial charge in [-0.1, -0.05) is 12.1 Å². The van der Waals surface area contributed by atoms with Crippen LogP contribution in [0.3, 0.4) is 0 Å². The van der Waals surface area contributed by atoms with E-state index in [1.807, 2.05) is 19.1 Å². The highest BCUT2D eigenvalue weighted by Crippen LogP contribution is 2.16. The fraction of sp³-hybridized carbons (Fsp3) is 0.650. The average molecular weight is 349 g/mol. The summed E-state index contributed by atoms with van der Waals surface area (Å²) >= 11 is 0. The molecule has 1 aromatic rings. The Balaban J connectivity index is 1.80. The summed E-state index contributed by atoms with van der Waals surface area (Å²) < 4.78 is 13.8. The van der Waals surface area contributed by atoms with E-state index in [9.17, 15) is 4.39 Å². The SMILES string of the molecule is CCNC(=NCCCCN1CCCC1)NC(C)c1ccc(C)c(F)c1. The Morgan fingerprint density at radius 2 is 2.04 bits per heavy atom. The summed E-state index contributed by atoms with van der Waals surface area (Å²) in [4.78, 5) is 7.21. The molecule has 1 saturated heterocycles. The first-order valence-corrected chi connectivity index (χ1v) is 9.63. The predicted molar refractivity (Wildman–Crippen MR) is 104 cm³/mol. The topological polar surface area (TPSA) is 39.7 Å². The second-order valence-electron chi connectivity index (χ2n) is 6.89. The van der Waals surface area contributed by atoms with Gasteiger partial charge in [0.1, 0.15) is 5.82 Å². The Hall–Kier alpha value is -1.62. The van der Waals surface area contributed by atoms with E-state index in [-0.39, 0.29) is 11.9 Å². The predicted octanol–water partition coefficient (Wildman–Crippen LogP) is 3.63. The van der Waals surface area contributed by atoms with Crippen molar-refractivity contribution in [1.82, 2.24) is 15.5 Å². The van der Waals surface area contributed by atoms with Crippen molar-refractivity contribution >= 4 is 5.96 Å². The zero-order chi connectivity index (χ0) is 18.1. The Labute approximate surface area is 151 Å². The van der Waals surface area contributed by atoms with Crippen LogP contribution in [0.4, 0.5) is 4.39 Å². The first-order chi connectivity index (χ1) is 12.1. The summed E-state index contributed by atoms with van der Waals surface area (Å²) in [5.74, 6) is 0.646. The van der Waals surface area contributed by atoms with Crippen molar-refractivity contribution in [2.45, 2.75) is 52.5 Å². The summed E-state index contributed by atoms with van der Waals surface area (Å²) in [7, 11) is 0. The maximum atomic E-state index is 13.8. The van der Waals surface area contributed by atoms with E-state index < -0.39 is 0 Å². The number of unbranched alkanes of at least 4 members (excludes halogenated alkanes) is 1. The van der Waals surface area contributed by atoms with Gasteiger partial charge in [-0.15, -0.1) is 0 Å². The van der Waals surface area contributed by atoms with E-state index >= 15 is 0 Å². The molecule has 0 aliphatic carbocycles. The second-order valence-corrected chi connectivity index (χ2v) is 6.89. The molecule has 1 heterocycles. The number of likely N-dealkylation sites (tertiary alicyclic amines) is 1. The number of nitrogens with one attached hydrogen (secondary N) is 2. The van der Waals surface area contributed by atoms with Crippen molar-refractivity contribution in [3.8, 4) is 0 Å². The largest absolute Gasteiger partial charge is 0.357 e. The number of aryl methyl sites for hydroxylation is 1. The van der Waals surface area contributed by atoms with E-state index in [0.29, 0.717) is 5.56 Å². The summed E-state index contributed by atoms with van der Waals surface area (Å²) in [6, 6.07) is 5.41. The highest BCUT2D eigenvalue weighted by atomic mass is 19.1. The first kappa shape index (κ1) is 19.7. The molecule has 1 aliphatic rings. The third-order valence-corrected chi connectivity index (χ3v) is 4.74. The standard InChI is InChI=1S/C20H33FN4/c1-4-22-20(23-11-5-6-12-25-13-7-8-14-25)24-17(3)18-10-9-16(2)19(21)15-18/h9-10,15,17H,4-8,11-14H2,1-3H3,(H2,22,23,24). The number of hydrogen-bond acceptors (Lipinski definition) is 2. The van der Waals surface area contributed by atoms with Gasteiger partial charge in [-0.05, 0) is 83.3 Å². The number of rotatable bonds is 8. The molecule has 1 fully saturated rings. The third kappa shape index (κ3) is 6.65. The van der Waals surface area contributed by atoms with Gasteiger partial charge in [0, 0.05) is 13.1 Å². The van der Waals surface area contributed by atoms with Crippen molar-refractivity contribution in [1.29, 1.82) is 0 Å². The molecule has 0 amide bonds. The van der Waals surface area contributed by atoms with Gasteiger partial charge in [0.05, 0.1) is 6.04 Å².